The molecule has 31 heavy (non-hydrogen) atoms. The highest BCUT2D eigenvalue weighted by molar-refractivity contribution is 7.99. The normalized spacial score (nSPS) is 10.5. The lowest BCUT2D eigenvalue weighted by molar-refractivity contribution is -0.122. The summed E-state index contributed by atoms with van der Waals surface area (Å²) in [7, 11) is 1.59. The van der Waals surface area contributed by atoms with Crippen LogP contribution in [-0.4, -0.2) is 46.1 Å². The summed E-state index contributed by atoms with van der Waals surface area (Å²) >= 11 is 1.14. The Balaban J connectivity index is 1.49. The van der Waals surface area contributed by atoms with E-state index in [-0.39, 0.29) is 24.1 Å². The molecule has 4 N–H and O–H groups in total. The van der Waals surface area contributed by atoms with E-state index in [2.05, 4.69) is 20.8 Å². The maximum atomic E-state index is 12.1. The molecule has 0 fully saturated rings. The van der Waals surface area contributed by atoms with Gasteiger partial charge in [0.15, 0.2) is 5.82 Å². The van der Waals surface area contributed by atoms with E-state index >= 15 is 0 Å². The Morgan fingerprint density at radius 2 is 1.84 bits per heavy atom. The lowest BCUT2D eigenvalue weighted by atomic mass is 10.1. The van der Waals surface area contributed by atoms with Crippen LogP contribution in [0.25, 0.3) is 11.4 Å². The second kappa shape index (κ2) is 10.5. The summed E-state index contributed by atoms with van der Waals surface area (Å²) in [5, 5.41) is 13.9. The third kappa shape index (κ3) is 5.76. The summed E-state index contributed by atoms with van der Waals surface area (Å²) in [6.07, 6.45) is 0.803. The molecule has 2 aromatic carbocycles. The predicted molar refractivity (Wildman–Crippen MR) is 120 cm³/mol. The number of thioether (sulfide) groups is 1. The number of hydrogen-bond acceptors (Lipinski definition) is 7. The fourth-order valence-corrected chi connectivity index (χ4v) is 3.50. The van der Waals surface area contributed by atoms with E-state index in [1.54, 1.807) is 19.2 Å². The molecule has 0 saturated carbocycles. The number of para-hydroxylation sites is 1. The van der Waals surface area contributed by atoms with Gasteiger partial charge < -0.3 is 21.2 Å². The molecule has 3 rings (SSSR count). The first-order valence-electron chi connectivity index (χ1n) is 9.64. The van der Waals surface area contributed by atoms with Crippen LogP contribution in [0, 0.1) is 0 Å². The van der Waals surface area contributed by atoms with Crippen LogP contribution in [0.2, 0.25) is 0 Å². The molecule has 0 atom stereocenters. The second-order valence-corrected chi connectivity index (χ2v) is 7.47. The molecule has 0 saturated heterocycles. The first-order chi connectivity index (χ1) is 15.0. The molecular formula is C21H24N6O3S. The molecule has 0 aliphatic rings. The molecule has 0 radical (unpaired) electrons. The molecule has 162 valence electrons. The van der Waals surface area contributed by atoms with Gasteiger partial charge in [0.05, 0.1) is 19.4 Å². The molecule has 3 aromatic rings. The number of carbonyl (C=O) groups is 2. The third-order valence-corrected chi connectivity index (χ3v) is 5.41. The Kier molecular flexibility index (Phi) is 7.50. The number of nitrogens with one attached hydrogen (secondary N) is 2. The van der Waals surface area contributed by atoms with E-state index in [0.29, 0.717) is 11.0 Å². The standard InChI is InChI=1S/C21H24N6O3S/c1-3-14-6-4-5-7-17(14)24-18(28)12-23-19(29)13-31-21-26-25-20(27(21)22)15-8-10-16(30-2)11-9-15/h4-11H,3,12-13,22H2,1-2H3,(H,23,29)(H,24,28). The Hall–Kier alpha value is -3.53. The van der Waals surface area contributed by atoms with Crippen molar-refractivity contribution < 1.29 is 14.3 Å². The number of amides is 2. The minimum absolute atomic E-state index is 0.0524. The van der Waals surface area contributed by atoms with Crippen molar-refractivity contribution in [3.63, 3.8) is 0 Å². The second-order valence-electron chi connectivity index (χ2n) is 6.53. The maximum absolute atomic E-state index is 12.1. The lowest BCUT2D eigenvalue weighted by Gasteiger charge is -2.10. The monoisotopic (exact) mass is 440 g/mol. The average Bonchev–Trinajstić information content (AvgIpc) is 3.17. The number of nitrogens with zero attached hydrogens (tertiary/aromatic N) is 3. The fourth-order valence-electron chi connectivity index (χ4n) is 2.82. The number of ether oxygens (including phenoxy) is 1. The first kappa shape index (κ1) is 22.2. The van der Waals surface area contributed by atoms with Crippen molar-refractivity contribution >= 4 is 29.3 Å². The lowest BCUT2D eigenvalue weighted by Crippen LogP contribution is -2.34. The number of carbonyl (C=O) groups excluding carboxylic acids is 2. The van der Waals surface area contributed by atoms with Crippen LogP contribution in [-0.2, 0) is 16.0 Å². The van der Waals surface area contributed by atoms with Crippen molar-refractivity contribution in [3.05, 3.63) is 54.1 Å². The Labute approximate surface area is 184 Å². The number of methoxy groups -OCH3 is 1. The van der Waals surface area contributed by atoms with E-state index in [0.717, 1.165) is 40.7 Å². The zero-order valence-electron chi connectivity index (χ0n) is 17.3. The summed E-state index contributed by atoms with van der Waals surface area (Å²) in [6, 6.07) is 14.8. The van der Waals surface area contributed by atoms with Gasteiger partial charge in [0.25, 0.3) is 0 Å². The first-order valence-corrected chi connectivity index (χ1v) is 10.6. The summed E-state index contributed by atoms with van der Waals surface area (Å²) in [5.74, 6) is 6.72. The van der Waals surface area contributed by atoms with E-state index in [4.69, 9.17) is 10.6 Å². The predicted octanol–water partition coefficient (Wildman–Crippen LogP) is 2.08. The van der Waals surface area contributed by atoms with Crippen LogP contribution in [0.5, 0.6) is 5.75 Å². The Morgan fingerprint density at radius 3 is 2.55 bits per heavy atom. The number of benzene rings is 2. The van der Waals surface area contributed by atoms with Crippen LogP contribution in [0.1, 0.15) is 12.5 Å². The van der Waals surface area contributed by atoms with Gasteiger partial charge >= 0.3 is 0 Å². The van der Waals surface area contributed by atoms with Crippen LogP contribution in [0.3, 0.4) is 0 Å². The number of nitrogens with two attached hydrogens (primary N) is 1. The van der Waals surface area contributed by atoms with Crippen molar-refractivity contribution in [2.75, 3.05) is 30.6 Å². The van der Waals surface area contributed by atoms with Crippen molar-refractivity contribution in [2.24, 2.45) is 0 Å². The highest BCUT2D eigenvalue weighted by Crippen LogP contribution is 2.23. The molecule has 10 heteroatoms. The van der Waals surface area contributed by atoms with Gasteiger partial charge in [-0.2, -0.15) is 0 Å². The van der Waals surface area contributed by atoms with E-state index in [9.17, 15) is 9.59 Å². The smallest absolute Gasteiger partial charge is 0.243 e. The topological polar surface area (TPSA) is 124 Å². The summed E-state index contributed by atoms with van der Waals surface area (Å²) in [6.45, 7) is 1.89. The largest absolute Gasteiger partial charge is 0.497 e. The van der Waals surface area contributed by atoms with Gasteiger partial charge in [0, 0.05) is 11.3 Å². The highest BCUT2D eigenvalue weighted by atomic mass is 32.2. The van der Waals surface area contributed by atoms with Crippen molar-refractivity contribution in [2.45, 2.75) is 18.5 Å². The van der Waals surface area contributed by atoms with Gasteiger partial charge in [-0.05, 0) is 42.3 Å². The molecule has 0 spiro atoms. The Morgan fingerprint density at radius 1 is 1.10 bits per heavy atom. The van der Waals surface area contributed by atoms with E-state index < -0.39 is 0 Å². The minimum Gasteiger partial charge on any atom is -0.497 e. The molecule has 0 unspecified atom stereocenters. The van der Waals surface area contributed by atoms with Gasteiger partial charge in [-0.25, -0.2) is 4.68 Å². The van der Waals surface area contributed by atoms with Gasteiger partial charge in [-0.1, -0.05) is 36.9 Å². The number of nitrogen functional groups attached to an aromatic ring is 1. The third-order valence-electron chi connectivity index (χ3n) is 4.46. The SMILES string of the molecule is CCc1ccccc1NC(=O)CNC(=O)CSc1nnc(-c2ccc(OC)cc2)n1N. The van der Waals surface area contributed by atoms with Crippen LogP contribution in [0.15, 0.2) is 53.7 Å². The summed E-state index contributed by atoms with van der Waals surface area (Å²) in [5.41, 5.74) is 2.56. The summed E-state index contributed by atoms with van der Waals surface area (Å²) < 4.78 is 6.47. The minimum atomic E-state index is -0.307. The average molecular weight is 441 g/mol. The number of anilines is 1. The van der Waals surface area contributed by atoms with Gasteiger partial charge in [0.1, 0.15) is 5.75 Å². The van der Waals surface area contributed by atoms with Crippen LogP contribution < -0.4 is 21.2 Å². The maximum Gasteiger partial charge on any atom is 0.243 e. The van der Waals surface area contributed by atoms with Gasteiger partial charge in [-0.3, -0.25) is 9.59 Å². The molecule has 0 aliphatic heterocycles. The molecule has 1 heterocycles. The van der Waals surface area contributed by atoms with Crippen LogP contribution >= 0.6 is 11.8 Å². The summed E-state index contributed by atoms with van der Waals surface area (Å²) in [4.78, 5) is 24.3. The fraction of sp³-hybridized carbons (Fsp3) is 0.238. The zero-order valence-corrected chi connectivity index (χ0v) is 18.1. The van der Waals surface area contributed by atoms with E-state index in [1.165, 1.54) is 4.68 Å². The highest BCUT2D eigenvalue weighted by Gasteiger charge is 2.14. The van der Waals surface area contributed by atoms with Gasteiger partial charge in [0.2, 0.25) is 17.0 Å². The molecule has 0 aliphatic carbocycles. The number of hydrogen-bond donors (Lipinski definition) is 3. The van der Waals surface area contributed by atoms with Gasteiger partial charge in [-0.15, -0.1) is 10.2 Å². The molecule has 2 amide bonds. The van der Waals surface area contributed by atoms with Crippen molar-refractivity contribution in [3.8, 4) is 17.1 Å². The molecule has 9 nitrogen and oxygen atoms in total. The van der Waals surface area contributed by atoms with Crippen molar-refractivity contribution in [1.29, 1.82) is 0 Å². The van der Waals surface area contributed by atoms with Crippen LogP contribution in [0.4, 0.5) is 5.69 Å². The van der Waals surface area contributed by atoms with E-state index in [1.807, 2.05) is 43.3 Å². The number of aromatic nitrogens is 3. The zero-order chi connectivity index (χ0) is 22.2. The van der Waals surface area contributed by atoms with Crippen molar-refractivity contribution in [1.82, 2.24) is 20.2 Å². The molecule has 1 aromatic heterocycles. The molecule has 0 bridgehead atoms. The number of aryl methyl sites for hydroxylation is 1. The quantitative estimate of drug-likeness (QED) is 0.344. The Bertz CT molecular complexity index is 1050. The molecular weight excluding hydrogens is 416 g/mol. The number of rotatable bonds is 9.